The van der Waals surface area contributed by atoms with Crippen molar-refractivity contribution in [1.29, 1.82) is 0 Å². The highest BCUT2D eigenvalue weighted by atomic mass is 19.1. The molecule has 0 radical (unpaired) electrons. The zero-order valence-corrected chi connectivity index (χ0v) is 10.2. The lowest BCUT2D eigenvalue weighted by Gasteiger charge is -2.13. The van der Waals surface area contributed by atoms with Crippen LogP contribution in [-0.4, -0.2) is 5.91 Å². The molecule has 0 aromatic heterocycles. The summed E-state index contributed by atoms with van der Waals surface area (Å²) in [5.74, 6) is -0.754. The lowest BCUT2D eigenvalue weighted by Crippen LogP contribution is -2.11. The largest absolute Gasteiger partial charge is 0.399 e. The summed E-state index contributed by atoms with van der Waals surface area (Å²) in [7, 11) is 0. The number of nitrogens with one attached hydrogen (secondary N) is 1. The predicted molar refractivity (Wildman–Crippen MR) is 70.6 cm³/mol. The van der Waals surface area contributed by atoms with E-state index in [0.717, 1.165) is 31.3 Å². The van der Waals surface area contributed by atoms with E-state index in [-0.39, 0.29) is 11.6 Å². The van der Waals surface area contributed by atoms with Crippen molar-refractivity contribution >= 4 is 17.3 Å². The Kier molecular flexibility index (Phi) is 3.97. The molecule has 0 spiro atoms. The average Bonchev–Trinajstić information content (AvgIpc) is 2.35. The number of carbonyl (C=O) groups is 1. The topological polar surface area (TPSA) is 55.1 Å². The Balaban J connectivity index is 2.04. The van der Waals surface area contributed by atoms with Gasteiger partial charge in [-0.15, -0.1) is 0 Å². The number of rotatable bonds is 2. The number of nitrogen functional groups attached to an aromatic ring is 1. The SMILES string of the molecule is Nc1ccc(F)c(NC(=O)C=C2CCCCC2)c1. The maximum Gasteiger partial charge on any atom is 0.248 e. The molecule has 0 aliphatic heterocycles. The van der Waals surface area contributed by atoms with Gasteiger partial charge in [-0.2, -0.15) is 0 Å². The van der Waals surface area contributed by atoms with E-state index in [4.69, 9.17) is 5.73 Å². The minimum Gasteiger partial charge on any atom is -0.399 e. The summed E-state index contributed by atoms with van der Waals surface area (Å²) in [5.41, 5.74) is 7.26. The van der Waals surface area contributed by atoms with Gasteiger partial charge in [-0.1, -0.05) is 12.0 Å². The summed E-state index contributed by atoms with van der Waals surface area (Å²) < 4.78 is 13.4. The Morgan fingerprint density at radius 2 is 2.00 bits per heavy atom. The van der Waals surface area contributed by atoms with Gasteiger partial charge in [0.15, 0.2) is 0 Å². The molecule has 1 fully saturated rings. The number of halogens is 1. The summed E-state index contributed by atoms with van der Waals surface area (Å²) in [6.07, 6.45) is 7.00. The highest BCUT2D eigenvalue weighted by Gasteiger charge is 2.09. The Hall–Kier alpha value is -1.84. The van der Waals surface area contributed by atoms with Crippen LogP contribution in [-0.2, 0) is 4.79 Å². The van der Waals surface area contributed by atoms with Crippen LogP contribution in [0.2, 0.25) is 0 Å². The molecule has 1 aromatic carbocycles. The number of carbonyl (C=O) groups excluding carboxylic acids is 1. The molecule has 3 nitrogen and oxygen atoms in total. The number of benzene rings is 1. The molecule has 1 aliphatic carbocycles. The fourth-order valence-corrected chi connectivity index (χ4v) is 2.14. The third-order valence-electron chi connectivity index (χ3n) is 3.08. The third-order valence-corrected chi connectivity index (χ3v) is 3.08. The highest BCUT2D eigenvalue weighted by molar-refractivity contribution is 6.00. The number of allylic oxidation sites excluding steroid dienone is 1. The van der Waals surface area contributed by atoms with Crippen LogP contribution in [0.5, 0.6) is 0 Å². The van der Waals surface area contributed by atoms with E-state index in [2.05, 4.69) is 5.32 Å². The van der Waals surface area contributed by atoms with Crippen molar-refractivity contribution in [2.75, 3.05) is 11.1 Å². The fraction of sp³-hybridized carbons (Fsp3) is 0.357. The van der Waals surface area contributed by atoms with Gasteiger partial charge in [0.05, 0.1) is 5.69 Å². The highest BCUT2D eigenvalue weighted by Crippen LogP contribution is 2.23. The molecular weight excluding hydrogens is 231 g/mol. The van der Waals surface area contributed by atoms with Gasteiger partial charge in [0.25, 0.3) is 0 Å². The van der Waals surface area contributed by atoms with Gasteiger partial charge in [-0.25, -0.2) is 4.39 Å². The van der Waals surface area contributed by atoms with Crippen LogP contribution in [0, 0.1) is 5.82 Å². The van der Waals surface area contributed by atoms with Crippen LogP contribution in [0.15, 0.2) is 29.8 Å². The van der Waals surface area contributed by atoms with Crippen molar-refractivity contribution in [2.24, 2.45) is 0 Å². The molecule has 1 aliphatic rings. The average molecular weight is 248 g/mol. The number of hydrogen-bond donors (Lipinski definition) is 2. The van der Waals surface area contributed by atoms with Gasteiger partial charge in [0.1, 0.15) is 5.82 Å². The zero-order valence-electron chi connectivity index (χ0n) is 10.2. The van der Waals surface area contributed by atoms with Gasteiger partial charge in [0.2, 0.25) is 5.91 Å². The van der Waals surface area contributed by atoms with Gasteiger partial charge in [-0.05, 0) is 43.9 Å². The van der Waals surface area contributed by atoms with Crippen molar-refractivity contribution < 1.29 is 9.18 Å². The van der Waals surface area contributed by atoms with Crippen molar-refractivity contribution in [1.82, 2.24) is 0 Å². The van der Waals surface area contributed by atoms with Crippen molar-refractivity contribution in [3.05, 3.63) is 35.7 Å². The molecule has 2 rings (SSSR count). The van der Waals surface area contributed by atoms with Gasteiger partial charge >= 0.3 is 0 Å². The first kappa shape index (κ1) is 12.6. The van der Waals surface area contributed by atoms with Crippen LogP contribution in [0.4, 0.5) is 15.8 Å². The summed E-state index contributed by atoms with van der Waals surface area (Å²) >= 11 is 0. The molecule has 0 atom stereocenters. The standard InChI is InChI=1S/C14H17FN2O/c15-12-7-6-11(16)9-13(12)17-14(18)8-10-4-2-1-3-5-10/h6-9H,1-5,16H2,(H,17,18). The van der Waals surface area contributed by atoms with Crippen LogP contribution in [0.25, 0.3) is 0 Å². The van der Waals surface area contributed by atoms with Crippen molar-refractivity contribution in [3.63, 3.8) is 0 Å². The first-order valence-corrected chi connectivity index (χ1v) is 6.20. The Morgan fingerprint density at radius 1 is 1.28 bits per heavy atom. The Bertz CT molecular complexity index is 475. The van der Waals surface area contributed by atoms with Gasteiger partial charge in [0, 0.05) is 11.8 Å². The summed E-state index contributed by atoms with van der Waals surface area (Å²) in [5, 5.41) is 2.53. The fourth-order valence-electron chi connectivity index (χ4n) is 2.14. The van der Waals surface area contributed by atoms with E-state index >= 15 is 0 Å². The predicted octanol–water partition coefficient (Wildman–Crippen LogP) is 3.24. The van der Waals surface area contributed by atoms with Crippen LogP contribution in [0.3, 0.4) is 0 Å². The molecule has 1 amide bonds. The van der Waals surface area contributed by atoms with Crippen molar-refractivity contribution in [2.45, 2.75) is 32.1 Å². The lowest BCUT2D eigenvalue weighted by atomic mass is 9.94. The molecule has 1 saturated carbocycles. The monoisotopic (exact) mass is 248 g/mol. The molecule has 0 heterocycles. The summed E-state index contributed by atoms with van der Waals surface area (Å²) in [4.78, 5) is 11.7. The van der Waals surface area contributed by atoms with E-state index in [1.54, 1.807) is 6.08 Å². The number of hydrogen-bond acceptors (Lipinski definition) is 2. The molecule has 96 valence electrons. The summed E-state index contributed by atoms with van der Waals surface area (Å²) in [6, 6.07) is 4.13. The first-order chi connectivity index (χ1) is 8.65. The van der Waals surface area contributed by atoms with Crippen LogP contribution in [0.1, 0.15) is 32.1 Å². The number of nitrogens with two attached hydrogens (primary N) is 1. The van der Waals surface area contributed by atoms with Gasteiger partial charge < -0.3 is 11.1 Å². The van der Waals surface area contributed by atoms with Crippen LogP contribution < -0.4 is 11.1 Å². The minimum absolute atomic E-state index is 0.132. The Labute approximate surface area is 106 Å². The molecule has 4 heteroatoms. The van der Waals surface area contributed by atoms with E-state index < -0.39 is 5.82 Å². The minimum atomic E-state index is -0.473. The molecule has 0 saturated heterocycles. The van der Waals surface area contributed by atoms with E-state index in [0.29, 0.717) is 5.69 Å². The molecule has 1 aromatic rings. The van der Waals surface area contributed by atoms with Crippen LogP contribution >= 0.6 is 0 Å². The zero-order chi connectivity index (χ0) is 13.0. The van der Waals surface area contributed by atoms with E-state index in [9.17, 15) is 9.18 Å². The second kappa shape index (κ2) is 5.67. The number of anilines is 2. The molecule has 18 heavy (non-hydrogen) atoms. The van der Waals surface area contributed by atoms with Crippen molar-refractivity contribution in [3.8, 4) is 0 Å². The second-order valence-corrected chi connectivity index (χ2v) is 4.59. The molecule has 0 unspecified atom stereocenters. The molecular formula is C14H17FN2O. The third kappa shape index (κ3) is 3.32. The lowest BCUT2D eigenvalue weighted by molar-refractivity contribution is -0.112. The normalized spacial score (nSPS) is 15.3. The van der Waals surface area contributed by atoms with Gasteiger partial charge in [-0.3, -0.25) is 4.79 Å². The Morgan fingerprint density at radius 3 is 2.72 bits per heavy atom. The van der Waals surface area contributed by atoms with E-state index in [1.165, 1.54) is 24.6 Å². The molecule has 3 N–H and O–H groups in total. The smallest absolute Gasteiger partial charge is 0.248 e. The summed E-state index contributed by atoms with van der Waals surface area (Å²) in [6.45, 7) is 0. The maximum atomic E-state index is 13.4. The first-order valence-electron chi connectivity index (χ1n) is 6.20. The second-order valence-electron chi connectivity index (χ2n) is 4.59. The van der Waals surface area contributed by atoms with E-state index in [1.807, 2.05) is 0 Å². The quantitative estimate of drug-likeness (QED) is 0.623. The molecule has 0 bridgehead atoms. The maximum absolute atomic E-state index is 13.4. The number of amides is 1.